The van der Waals surface area contributed by atoms with Crippen LogP contribution in [0.4, 0.5) is 5.69 Å². The maximum absolute atomic E-state index is 12.2. The van der Waals surface area contributed by atoms with Gasteiger partial charge in [-0.1, -0.05) is 23.2 Å². The molecule has 1 unspecified atom stereocenters. The molecule has 2 amide bonds. The first-order chi connectivity index (χ1) is 11.0. The molecule has 5 nitrogen and oxygen atoms in total. The van der Waals surface area contributed by atoms with Crippen molar-refractivity contribution in [2.45, 2.75) is 19.3 Å². The lowest BCUT2D eigenvalue weighted by Crippen LogP contribution is -2.37. The molecule has 0 radical (unpaired) electrons. The van der Waals surface area contributed by atoms with E-state index >= 15 is 0 Å². The Hall–Kier alpha value is -1.30. The lowest BCUT2D eigenvalue weighted by molar-refractivity contribution is -0.125. The molecule has 1 saturated carbocycles. The molecule has 124 valence electrons. The van der Waals surface area contributed by atoms with E-state index in [1.165, 1.54) is 0 Å². The van der Waals surface area contributed by atoms with Crippen LogP contribution in [0.2, 0.25) is 10.0 Å². The van der Waals surface area contributed by atoms with Crippen LogP contribution in [-0.4, -0.2) is 31.4 Å². The van der Waals surface area contributed by atoms with Crippen molar-refractivity contribution in [3.63, 3.8) is 0 Å². The van der Waals surface area contributed by atoms with Crippen molar-refractivity contribution in [1.82, 2.24) is 10.6 Å². The van der Waals surface area contributed by atoms with Gasteiger partial charge in [0.1, 0.15) is 0 Å². The number of benzene rings is 1. The molecule has 23 heavy (non-hydrogen) atoms. The highest BCUT2D eigenvalue weighted by Crippen LogP contribution is 2.58. The average Bonchev–Trinajstić information content (AvgIpc) is 3.22. The molecule has 1 aromatic rings. The van der Waals surface area contributed by atoms with Crippen LogP contribution in [0.1, 0.15) is 19.3 Å². The Morgan fingerprint density at radius 3 is 2.74 bits per heavy atom. The molecule has 1 heterocycles. The second kappa shape index (κ2) is 6.67. The van der Waals surface area contributed by atoms with Gasteiger partial charge in [-0.05, 0) is 56.0 Å². The zero-order valence-corrected chi connectivity index (χ0v) is 14.1. The molecule has 2 fully saturated rings. The van der Waals surface area contributed by atoms with Gasteiger partial charge in [-0.3, -0.25) is 9.59 Å². The van der Waals surface area contributed by atoms with E-state index in [1.807, 2.05) is 0 Å². The molecule has 3 N–H and O–H groups in total. The van der Waals surface area contributed by atoms with Gasteiger partial charge in [-0.2, -0.15) is 0 Å². The Bertz CT molecular complexity index is 630. The number of piperidine rings is 1. The maximum atomic E-state index is 12.2. The predicted molar refractivity (Wildman–Crippen MR) is 90.7 cm³/mol. The summed E-state index contributed by atoms with van der Waals surface area (Å²) in [5.74, 6) is -0.297. The molecule has 0 bridgehead atoms. The summed E-state index contributed by atoms with van der Waals surface area (Å²) < 4.78 is 0. The maximum Gasteiger partial charge on any atom is 0.243 e. The molecule has 3 rings (SSSR count). The van der Waals surface area contributed by atoms with Gasteiger partial charge in [0.05, 0.1) is 17.3 Å². The van der Waals surface area contributed by atoms with Gasteiger partial charge in [-0.15, -0.1) is 0 Å². The van der Waals surface area contributed by atoms with E-state index in [9.17, 15) is 9.59 Å². The quantitative estimate of drug-likeness (QED) is 0.776. The number of carbonyl (C=O) groups is 2. The summed E-state index contributed by atoms with van der Waals surface area (Å²) in [6.07, 6.45) is 3.01. The van der Waals surface area contributed by atoms with Crippen LogP contribution >= 0.6 is 23.2 Å². The van der Waals surface area contributed by atoms with Crippen molar-refractivity contribution in [1.29, 1.82) is 0 Å². The van der Waals surface area contributed by atoms with Gasteiger partial charge in [-0.25, -0.2) is 0 Å². The fourth-order valence-corrected chi connectivity index (χ4v) is 3.61. The monoisotopic (exact) mass is 355 g/mol. The molecule has 2 aliphatic rings. The van der Waals surface area contributed by atoms with Crippen LogP contribution in [-0.2, 0) is 9.59 Å². The normalized spacial score (nSPS) is 21.7. The summed E-state index contributed by atoms with van der Waals surface area (Å²) in [5, 5.41) is 9.58. The van der Waals surface area contributed by atoms with Crippen molar-refractivity contribution < 1.29 is 9.59 Å². The zero-order valence-electron chi connectivity index (χ0n) is 12.6. The molecular formula is C16H19Cl2N3O2. The largest absolute Gasteiger partial charge is 0.347 e. The van der Waals surface area contributed by atoms with Crippen LogP contribution in [0.25, 0.3) is 0 Å². The molecule has 1 aromatic carbocycles. The molecule has 1 aliphatic carbocycles. The first kappa shape index (κ1) is 16.6. The van der Waals surface area contributed by atoms with Crippen molar-refractivity contribution in [3.05, 3.63) is 28.2 Å². The highest BCUT2D eigenvalue weighted by molar-refractivity contribution is 6.35. The first-order valence-corrected chi connectivity index (χ1v) is 8.49. The van der Waals surface area contributed by atoms with Gasteiger partial charge < -0.3 is 16.0 Å². The average molecular weight is 356 g/mol. The highest BCUT2D eigenvalue weighted by Gasteiger charge is 2.57. The van der Waals surface area contributed by atoms with Gasteiger partial charge in [0.2, 0.25) is 11.8 Å². The number of amides is 2. The Kier molecular flexibility index (Phi) is 4.80. The smallest absolute Gasteiger partial charge is 0.243 e. The number of rotatable bonds is 4. The Morgan fingerprint density at radius 1 is 1.26 bits per heavy atom. The minimum Gasteiger partial charge on any atom is -0.347 e. The highest BCUT2D eigenvalue weighted by atomic mass is 35.5. The lowest BCUT2D eigenvalue weighted by atomic mass is 9.92. The zero-order chi connectivity index (χ0) is 16.4. The number of hydrogen-bond donors (Lipinski definition) is 3. The van der Waals surface area contributed by atoms with Gasteiger partial charge in [0.25, 0.3) is 0 Å². The summed E-state index contributed by atoms with van der Waals surface area (Å²) in [4.78, 5) is 24.2. The van der Waals surface area contributed by atoms with E-state index in [4.69, 9.17) is 23.2 Å². The van der Waals surface area contributed by atoms with Crippen molar-refractivity contribution in [2.75, 3.05) is 25.0 Å². The van der Waals surface area contributed by atoms with Crippen molar-refractivity contribution in [2.24, 2.45) is 11.3 Å². The van der Waals surface area contributed by atoms with Crippen LogP contribution < -0.4 is 16.0 Å². The predicted octanol–water partition coefficient (Wildman–Crippen LogP) is 2.44. The fourth-order valence-electron chi connectivity index (χ4n) is 3.27. The van der Waals surface area contributed by atoms with E-state index in [0.29, 0.717) is 15.7 Å². The summed E-state index contributed by atoms with van der Waals surface area (Å²) >= 11 is 11.9. The van der Waals surface area contributed by atoms with Crippen molar-refractivity contribution >= 4 is 40.7 Å². The number of nitrogens with one attached hydrogen (secondary N) is 3. The summed E-state index contributed by atoms with van der Waals surface area (Å²) in [7, 11) is 0. The number of anilines is 1. The van der Waals surface area contributed by atoms with Gasteiger partial charge >= 0.3 is 0 Å². The molecule has 1 atom stereocenters. The molecule has 0 aromatic heterocycles. The lowest BCUT2D eigenvalue weighted by Gasteiger charge is -2.23. The van der Waals surface area contributed by atoms with Gasteiger partial charge in [0.15, 0.2) is 0 Å². The molecule has 7 heteroatoms. The van der Waals surface area contributed by atoms with E-state index < -0.39 is 0 Å². The van der Waals surface area contributed by atoms with Crippen molar-refractivity contribution in [3.8, 4) is 0 Å². The Morgan fingerprint density at radius 2 is 2.00 bits per heavy atom. The van der Waals surface area contributed by atoms with E-state index in [2.05, 4.69) is 16.0 Å². The van der Waals surface area contributed by atoms with E-state index in [-0.39, 0.29) is 29.7 Å². The second-order valence-electron chi connectivity index (χ2n) is 6.26. The molecule has 1 saturated heterocycles. The summed E-state index contributed by atoms with van der Waals surface area (Å²) in [6, 6.07) is 4.84. The summed E-state index contributed by atoms with van der Waals surface area (Å²) in [6.45, 7) is 1.88. The Balaban J connectivity index is 1.48. The van der Waals surface area contributed by atoms with Crippen LogP contribution in [0, 0.1) is 11.3 Å². The molecule has 1 aliphatic heterocycles. The standard InChI is InChI=1S/C16H19Cl2N3O2/c17-10-1-2-12(18)13(7-10)21-14(22)9-20-15(23)11-8-16(11)3-5-19-6-4-16/h1-2,7,11,19H,3-6,8-9H2,(H,20,23)(H,21,22). The minimum absolute atomic E-state index is 0.0285. The van der Waals surface area contributed by atoms with Gasteiger partial charge in [0, 0.05) is 10.9 Å². The third-order valence-corrected chi connectivity index (χ3v) is 5.30. The Labute approximate surface area is 145 Å². The van der Waals surface area contributed by atoms with Crippen LogP contribution in [0.5, 0.6) is 0 Å². The number of carbonyl (C=O) groups excluding carboxylic acids is 2. The SMILES string of the molecule is O=C(CNC(=O)C1CC12CCNCC2)Nc1cc(Cl)ccc1Cl. The fraction of sp³-hybridized carbons (Fsp3) is 0.500. The third kappa shape index (κ3) is 3.79. The minimum atomic E-state index is -0.317. The topological polar surface area (TPSA) is 70.2 Å². The molecular weight excluding hydrogens is 337 g/mol. The third-order valence-electron chi connectivity index (χ3n) is 4.73. The first-order valence-electron chi connectivity index (χ1n) is 7.73. The van der Waals surface area contributed by atoms with E-state index in [0.717, 1.165) is 32.4 Å². The summed E-state index contributed by atoms with van der Waals surface area (Å²) in [5.41, 5.74) is 0.613. The number of halogens is 2. The number of hydrogen-bond acceptors (Lipinski definition) is 3. The van der Waals surface area contributed by atoms with Crippen LogP contribution in [0.15, 0.2) is 18.2 Å². The second-order valence-corrected chi connectivity index (χ2v) is 7.10. The van der Waals surface area contributed by atoms with E-state index in [1.54, 1.807) is 18.2 Å². The molecule has 1 spiro atoms. The van der Waals surface area contributed by atoms with Crippen LogP contribution in [0.3, 0.4) is 0 Å².